The van der Waals surface area contributed by atoms with Gasteiger partial charge in [0.05, 0.1) is 17.1 Å². The Morgan fingerprint density at radius 1 is 1.39 bits per heavy atom. The van der Waals surface area contributed by atoms with Crippen LogP contribution in [0.25, 0.3) is 11.5 Å². The van der Waals surface area contributed by atoms with Crippen LogP contribution in [-0.4, -0.2) is 16.7 Å². The van der Waals surface area contributed by atoms with Gasteiger partial charge < -0.3 is 9.73 Å². The zero-order valence-electron chi connectivity index (χ0n) is 9.91. The molecule has 0 unspecified atom stereocenters. The van der Waals surface area contributed by atoms with Crippen LogP contribution in [0, 0.1) is 5.82 Å². The molecule has 0 amide bonds. The van der Waals surface area contributed by atoms with Crippen molar-refractivity contribution in [2.24, 2.45) is 0 Å². The van der Waals surface area contributed by atoms with E-state index in [9.17, 15) is 4.39 Å². The monoisotopic (exact) mass is 269 g/mol. The van der Waals surface area contributed by atoms with E-state index in [0.717, 1.165) is 13.0 Å². The molecule has 96 valence electrons. The molecule has 1 heterocycles. The number of rotatable bonds is 5. The fourth-order valence-corrected chi connectivity index (χ4v) is 1.72. The average molecular weight is 270 g/mol. The Labute approximate surface area is 109 Å². The molecule has 6 heteroatoms. The minimum Gasteiger partial charge on any atom is -0.419 e. The van der Waals surface area contributed by atoms with Crippen molar-refractivity contribution in [1.29, 1.82) is 0 Å². The van der Waals surface area contributed by atoms with Crippen LogP contribution < -0.4 is 5.32 Å². The van der Waals surface area contributed by atoms with Gasteiger partial charge >= 0.3 is 0 Å². The molecule has 0 aliphatic carbocycles. The van der Waals surface area contributed by atoms with Crippen LogP contribution in [0.5, 0.6) is 0 Å². The first kappa shape index (κ1) is 13.0. The summed E-state index contributed by atoms with van der Waals surface area (Å²) in [5.41, 5.74) is 0.535. The second kappa shape index (κ2) is 5.93. The van der Waals surface area contributed by atoms with Crippen molar-refractivity contribution in [3.63, 3.8) is 0 Å². The number of nitrogens with one attached hydrogen (secondary N) is 1. The van der Waals surface area contributed by atoms with E-state index in [4.69, 9.17) is 16.0 Å². The van der Waals surface area contributed by atoms with Gasteiger partial charge in [0.25, 0.3) is 0 Å². The smallest absolute Gasteiger partial charge is 0.249 e. The Balaban J connectivity index is 2.13. The first-order valence-corrected chi connectivity index (χ1v) is 6.07. The van der Waals surface area contributed by atoms with E-state index in [0.29, 0.717) is 23.9 Å². The highest BCUT2D eigenvalue weighted by atomic mass is 35.5. The Morgan fingerprint density at radius 2 is 2.22 bits per heavy atom. The van der Waals surface area contributed by atoms with Crippen LogP contribution in [-0.2, 0) is 6.54 Å². The Kier molecular flexibility index (Phi) is 4.28. The summed E-state index contributed by atoms with van der Waals surface area (Å²) in [7, 11) is 0. The van der Waals surface area contributed by atoms with Gasteiger partial charge in [-0.1, -0.05) is 18.5 Å². The van der Waals surface area contributed by atoms with Crippen molar-refractivity contribution < 1.29 is 8.81 Å². The molecule has 2 aromatic rings. The summed E-state index contributed by atoms with van der Waals surface area (Å²) < 4.78 is 18.4. The number of hydrogen-bond donors (Lipinski definition) is 1. The topological polar surface area (TPSA) is 51.0 Å². The Bertz CT molecular complexity index is 530. The second-order valence-electron chi connectivity index (χ2n) is 3.80. The summed E-state index contributed by atoms with van der Waals surface area (Å²) in [6, 6.07) is 4.05. The maximum atomic E-state index is 12.9. The van der Waals surface area contributed by atoms with Gasteiger partial charge in [0, 0.05) is 0 Å². The van der Waals surface area contributed by atoms with Gasteiger partial charge in [0.15, 0.2) is 0 Å². The third-order valence-electron chi connectivity index (χ3n) is 2.33. The van der Waals surface area contributed by atoms with E-state index in [-0.39, 0.29) is 5.02 Å². The van der Waals surface area contributed by atoms with Gasteiger partial charge in [-0.25, -0.2) is 4.39 Å². The van der Waals surface area contributed by atoms with E-state index >= 15 is 0 Å². The van der Waals surface area contributed by atoms with Gasteiger partial charge in [-0.3, -0.25) is 0 Å². The molecule has 2 rings (SSSR count). The zero-order chi connectivity index (χ0) is 13.0. The van der Waals surface area contributed by atoms with Crippen molar-refractivity contribution in [2.75, 3.05) is 6.54 Å². The number of halogens is 2. The largest absolute Gasteiger partial charge is 0.419 e. The van der Waals surface area contributed by atoms with Crippen molar-refractivity contribution in [3.8, 4) is 11.5 Å². The predicted octanol–water partition coefficient (Wildman–Crippen LogP) is 3.03. The maximum Gasteiger partial charge on any atom is 0.249 e. The summed E-state index contributed by atoms with van der Waals surface area (Å²) in [5.74, 6) is 0.389. The average Bonchev–Trinajstić information content (AvgIpc) is 2.78. The van der Waals surface area contributed by atoms with E-state index in [1.165, 1.54) is 18.2 Å². The minimum absolute atomic E-state index is 0.256. The summed E-state index contributed by atoms with van der Waals surface area (Å²) in [6.07, 6.45) is 1.03. The molecule has 1 aromatic carbocycles. The third kappa shape index (κ3) is 3.05. The van der Waals surface area contributed by atoms with Crippen LogP contribution in [0.3, 0.4) is 0 Å². The van der Waals surface area contributed by atoms with E-state index in [1.54, 1.807) is 0 Å². The van der Waals surface area contributed by atoms with Gasteiger partial charge in [0.1, 0.15) is 5.82 Å². The Hall–Kier alpha value is -1.46. The minimum atomic E-state index is -0.395. The second-order valence-corrected chi connectivity index (χ2v) is 4.21. The van der Waals surface area contributed by atoms with Crippen LogP contribution in [0.2, 0.25) is 5.02 Å². The van der Waals surface area contributed by atoms with Crippen LogP contribution in [0.15, 0.2) is 22.6 Å². The maximum absolute atomic E-state index is 12.9. The van der Waals surface area contributed by atoms with Crippen LogP contribution >= 0.6 is 11.6 Å². The molecular weight excluding hydrogens is 257 g/mol. The number of aromatic nitrogens is 2. The fraction of sp³-hybridized carbons (Fsp3) is 0.333. The number of nitrogens with zero attached hydrogens (tertiary/aromatic N) is 2. The van der Waals surface area contributed by atoms with E-state index in [1.807, 2.05) is 0 Å². The predicted molar refractivity (Wildman–Crippen MR) is 66.7 cm³/mol. The number of hydrogen-bond acceptors (Lipinski definition) is 4. The molecule has 0 spiro atoms. The first-order valence-electron chi connectivity index (χ1n) is 5.69. The summed E-state index contributed by atoms with van der Waals surface area (Å²) in [6.45, 7) is 3.47. The highest BCUT2D eigenvalue weighted by Crippen LogP contribution is 2.27. The van der Waals surface area contributed by atoms with Crippen molar-refractivity contribution in [2.45, 2.75) is 19.9 Å². The molecule has 1 N–H and O–H groups in total. The van der Waals surface area contributed by atoms with Gasteiger partial charge in [-0.15, -0.1) is 10.2 Å². The van der Waals surface area contributed by atoms with E-state index < -0.39 is 5.82 Å². The molecule has 4 nitrogen and oxygen atoms in total. The summed E-state index contributed by atoms with van der Waals surface area (Å²) in [5, 5.41) is 11.2. The van der Waals surface area contributed by atoms with Crippen molar-refractivity contribution in [1.82, 2.24) is 15.5 Å². The zero-order valence-corrected chi connectivity index (χ0v) is 10.7. The molecule has 0 radical (unpaired) electrons. The molecule has 1 aromatic heterocycles. The molecule has 0 fully saturated rings. The van der Waals surface area contributed by atoms with Gasteiger partial charge in [0.2, 0.25) is 11.8 Å². The third-order valence-corrected chi connectivity index (χ3v) is 2.64. The van der Waals surface area contributed by atoms with Crippen molar-refractivity contribution >= 4 is 11.6 Å². The molecule has 18 heavy (non-hydrogen) atoms. The SMILES string of the molecule is CCCNCc1nnc(-c2ccc(F)cc2Cl)o1. The molecule has 0 saturated carbocycles. The lowest BCUT2D eigenvalue weighted by Crippen LogP contribution is -2.13. The highest BCUT2D eigenvalue weighted by Gasteiger charge is 2.12. The molecule has 0 saturated heterocycles. The molecular formula is C12H13ClFN3O. The lowest BCUT2D eigenvalue weighted by molar-refractivity contribution is 0.477. The van der Waals surface area contributed by atoms with E-state index in [2.05, 4.69) is 22.4 Å². The summed E-state index contributed by atoms with van der Waals surface area (Å²) >= 11 is 5.92. The van der Waals surface area contributed by atoms with Crippen LogP contribution in [0.4, 0.5) is 4.39 Å². The van der Waals surface area contributed by atoms with Gasteiger partial charge in [-0.05, 0) is 31.2 Å². The number of benzene rings is 1. The summed E-state index contributed by atoms with van der Waals surface area (Å²) in [4.78, 5) is 0. The van der Waals surface area contributed by atoms with Crippen LogP contribution in [0.1, 0.15) is 19.2 Å². The fourth-order valence-electron chi connectivity index (χ4n) is 1.47. The first-order chi connectivity index (χ1) is 8.70. The molecule has 0 atom stereocenters. The molecule has 0 bridgehead atoms. The molecule has 0 aliphatic rings. The Morgan fingerprint density at radius 3 is 2.94 bits per heavy atom. The quantitative estimate of drug-likeness (QED) is 0.848. The lowest BCUT2D eigenvalue weighted by Gasteiger charge is -1.99. The highest BCUT2D eigenvalue weighted by molar-refractivity contribution is 6.33. The lowest BCUT2D eigenvalue weighted by atomic mass is 10.2. The molecule has 0 aliphatic heterocycles. The van der Waals surface area contributed by atoms with Crippen molar-refractivity contribution in [3.05, 3.63) is 34.9 Å². The normalized spacial score (nSPS) is 10.8. The van der Waals surface area contributed by atoms with Gasteiger partial charge in [-0.2, -0.15) is 0 Å². The standard InChI is InChI=1S/C12H13ClFN3O/c1-2-5-15-7-11-16-17-12(18-11)9-4-3-8(14)6-10(9)13/h3-4,6,15H,2,5,7H2,1H3.